The van der Waals surface area contributed by atoms with Crippen LogP contribution in [0.5, 0.6) is 11.5 Å². The molecule has 4 heteroatoms. The van der Waals surface area contributed by atoms with Crippen LogP contribution >= 0.6 is 0 Å². The normalized spacial score (nSPS) is 10.2. The molecule has 0 atom stereocenters. The molecular formula is C17H19NO3. The van der Waals surface area contributed by atoms with Crippen LogP contribution in [0.2, 0.25) is 0 Å². The van der Waals surface area contributed by atoms with Crippen molar-refractivity contribution in [2.24, 2.45) is 0 Å². The second-order valence-corrected chi connectivity index (χ2v) is 4.77. The maximum atomic E-state index is 12.4. The highest BCUT2D eigenvalue weighted by atomic mass is 16.5. The first kappa shape index (κ1) is 14.9. The zero-order valence-electron chi connectivity index (χ0n) is 12.5. The molecule has 0 heterocycles. The Kier molecular flexibility index (Phi) is 4.48. The minimum Gasteiger partial charge on any atom is -0.507 e. The van der Waals surface area contributed by atoms with Crippen LogP contribution in [0.3, 0.4) is 0 Å². The monoisotopic (exact) mass is 285 g/mol. The van der Waals surface area contributed by atoms with Gasteiger partial charge in [-0.2, -0.15) is 0 Å². The standard InChI is InChI=1S/C17H19NO3/c1-4-12-5-7-13(8-6-12)18(2)17(20)15-10-9-14(21-3)11-16(15)19/h5-11,19H,4H2,1-3H3. The third-order valence-corrected chi connectivity index (χ3v) is 3.47. The molecule has 4 nitrogen and oxygen atoms in total. The minimum atomic E-state index is -0.264. The van der Waals surface area contributed by atoms with Crippen LogP contribution < -0.4 is 9.64 Å². The number of ether oxygens (including phenoxy) is 1. The van der Waals surface area contributed by atoms with Crippen LogP contribution in [-0.2, 0) is 6.42 Å². The SMILES string of the molecule is CCc1ccc(N(C)C(=O)c2ccc(OC)cc2O)cc1. The molecule has 0 aromatic heterocycles. The number of rotatable bonds is 4. The first-order chi connectivity index (χ1) is 10.1. The molecule has 0 radical (unpaired) electrons. The van der Waals surface area contributed by atoms with Gasteiger partial charge in [-0.25, -0.2) is 0 Å². The fourth-order valence-corrected chi connectivity index (χ4v) is 2.07. The number of nitrogens with zero attached hydrogens (tertiary/aromatic N) is 1. The lowest BCUT2D eigenvalue weighted by atomic mass is 10.1. The number of aromatic hydroxyl groups is 1. The lowest BCUT2D eigenvalue weighted by molar-refractivity contribution is 0.0990. The summed E-state index contributed by atoms with van der Waals surface area (Å²) in [4.78, 5) is 14.0. The number of hydrogen-bond donors (Lipinski definition) is 1. The highest BCUT2D eigenvalue weighted by Crippen LogP contribution is 2.26. The van der Waals surface area contributed by atoms with Gasteiger partial charge in [0.25, 0.3) is 5.91 Å². The molecule has 0 aliphatic carbocycles. The Morgan fingerprint density at radius 2 is 1.86 bits per heavy atom. The summed E-state index contributed by atoms with van der Waals surface area (Å²) in [7, 11) is 3.20. The van der Waals surface area contributed by atoms with Gasteiger partial charge in [0.1, 0.15) is 11.5 Å². The van der Waals surface area contributed by atoms with Crippen molar-refractivity contribution < 1.29 is 14.6 Å². The van der Waals surface area contributed by atoms with E-state index in [1.54, 1.807) is 19.2 Å². The van der Waals surface area contributed by atoms with Gasteiger partial charge in [0, 0.05) is 18.8 Å². The van der Waals surface area contributed by atoms with E-state index in [0.717, 1.165) is 12.1 Å². The zero-order chi connectivity index (χ0) is 15.4. The third kappa shape index (κ3) is 3.16. The largest absolute Gasteiger partial charge is 0.507 e. The number of carbonyl (C=O) groups is 1. The topological polar surface area (TPSA) is 49.8 Å². The first-order valence-electron chi connectivity index (χ1n) is 6.80. The van der Waals surface area contributed by atoms with E-state index >= 15 is 0 Å². The molecule has 0 aliphatic rings. The Labute approximate surface area is 124 Å². The van der Waals surface area contributed by atoms with Gasteiger partial charge < -0.3 is 14.7 Å². The van der Waals surface area contributed by atoms with E-state index in [2.05, 4.69) is 6.92 Å². The molecule has 21 heavy (non-hydrogen) atoms. The highest BCUT2D eigenvalue weighted by molar-refractivity contribution is 6.07. The minimum absolute atomic E-state index is 0.0867. The summed E-state index contributed by atoms with van der Waals surface area (Å²) in [6.07, 6.45) is 0.956. The third-order valence-electron chi connectivity index (χ3n) is 3.47. The zero-order valence-corrected chi connectivity index (χ0v) is 12.5. The van der Waals surface area contributed by atoms with Crippen molar-refractivity contribution >= 4 is 11.6 Å². The van der Waals surface area contributed by atoms with Crippen LogP contribution in [0.4, 0.5) is 5.69 Å². The van der Waals surface area contributed by atoms with Gasteiger partial charge in [-0.1, -0.05) is 19.1 Å². The first-order valence-corrected chi connectivity index (χ1v) is 6.80. The smallest absolute Gasteiger partial charge is 0.261 e. The summed E-state index contributed by atoms with van der Waals surface area (Å²) in [5.74, 6) is 0.162. The molecule has 0 saturated carbocycles. The summed E-state index contributed by atoms with van der Waals surface area (Å²) in [5, 5.41) is 9.94. The second-order valence-electron chi connectivity index (χ2n) is 4.77. The van der Waals surface area contributed by atoms with Crippen molar-refractivity contribution in [2.75, 3.05) is 19.1 Å². The van der Waals surface area contributed by atoms with E-state index in [9.17, 15) is 9.90 Å². The molecule has 0 saturated heterocycles. The summed E-state index contributed by atoms with van der Waals surface area (Å²) >= 11 is 0. The summed E-state index contributed by atoms with van der Waals surface area (Å²) in [6, 6.07) is 12.4. The molecule has 0 aliphatic heterocycles. The van der Waals surface area contributed by atoms with Crippen molar-refractivity contribution in [2.45, 2.75) is 13.3 Å². The maximum absolute atomic E-state index is 12.4. The fourth-order valence-electron chi connectivity index (χ4n) is 2.07. The predicted molar refractivity (Wildman–Crippen MR) is 83.2 cm³/mol. The molecule has 2 rings (SSSR count). The summed E-state index contributed by atoms with van der Waals surface area (Å²) in [5.41, 5.74) is 2.25. The Morgan fingerprint density at radius 1 is 1.19 bits per heavy atom. The summed E-state index contributed by atoms with van der Waals surface area (Å²) < 4.78 is 5.02. The second kappa shape index (κ2) is 6.31. The average molecular weight is 285 g/mol. The van der Waals surface area contributed by atoms with Gasteiger partial charge in [0.15, 0.2) is 0 Å². The van der Waals surface area contributed by atoms with Crippen LogP contribution in [0.15, 0.2) is 42.5 Å². The number of phenolic OH excluding ortho intramolecular Hbond substituents is 1. The van der Waals surface area contributed by atoms with Gasteiger partial charge >= 0.3 is 0 Å². The molecule has 1 N–H and O–H groups in total. The Balaban J connectivity index is 2.25. The maximum Gasteiger partial charge on any atom is 0.261 e. The van der Waals surface area contributed by atoms with Crippen molar-refractivity contribution in [3.05, 3.63) is 53.6 Å². The fraction of sp³-hybridized carbons (Fsp3) is 0.235. The summed E-state index contributed by atoms with van der Waals surface area (Å²) in [6.45, 7) is 2.08. The molecule has 0 fully saturated rings. The van der Waals surface area contributed by atoms with Crippen LogP contribution in [-0.4, -0.2) is 25.2 Å². The van der Waals surface area contributed by atoms with E-state index in [-0.39, 0.29) is 17.2 Å². The van der Waals surface area contributed by atoms with Crippen molar-refractivity contribution in [1.29, 1.82) is 0 Å². The van der Waals surface area contributed by atoms with Gasteiger partial charge in [0.2, 0.25) is 0 Å². The average Bonchev–Trinajstić information content (AvgIpc) is 2.53. The number of carbonyl (C=O) groups excluding carboxylic acids is 1. The lowest BCUT2D eigenvalue weighted by Gasteiger charge is -2.18. The highest BCUT2D eigenvalue weighted by Gasteiger charge is 2.17. The molecule has 2 aromatic carbocycles. The van der Waals surface area contributed by atoms with Crippen molar-refractivity contribution in [1.82, 2.24) is 0 Å². The number of anilines is 1. The van der Waals surface area contributed by atoms with Gasteiger partial charge in [-0.05, 0) is 36.2 Å². The van der Waals surface area contributed by atoms with Crippen LogP contribution in [0.1, 0.15) is 22.8 Å². The van der Waals surface area contributed by atoms with E-state index in [1.807, 2.05) is 24.3 Å². The Morgan fingerprint density at radius 3 is 2.38 bits per heavy atom. The number of phenols is 1. The van der Waals surface area contributed by atoms with Crippen LogP contribution in [0.25, 0.3) is 0 Å². The Bertz CT molecular complexity index is 635. The molecule has 0 unspecified atom stereocenters. The predicted octanol–water partition coefficient (Wildman–Crippen LogP) is 3.24. The number of methoxy groups -OCH3 is 1. The molecule has 0 bridgehead atoms. The van der Waals surface area contributed by atoms with Gasteiger partial charge in [-0.3, -0.25) is 4.79 Å². The van der Waals surface area contributed by atoms with Crippen molar-refractivity contribution in [3.63, 3.8) is 0 Å². The molecule has 0 spiro atoms. The van der Waals surface area contributed by atoms with Crippen LogP contribution in [0, 0.1) is 0 Å². The van der Waals surface area contributed by atoms with E-state index in [0.29, 0.717) is 5.75 Å². The molecule has 2 aromatic rings. The van der Waals surface area contributed by atoms with E-state index in [4.69, 9.17) is 4.74 Å². The molecular weight excluding hydrogens is 266 g/mol. The number of aryl methyl sites for hydroxylation is 1. The van der Waals surface area contributed by atoms with E-state index < -0.39 is 0 Å². The number of benzene rings is 2. The Hall–Kier alpha value is -2.49. The molecule has 1 amide bonds. The van der Waals surface area contributed by atoms with Gasteiger partial charge in [0.05, 0.1) is 12.7 Å². The number of amides is 1. The quantitative estimate of drug-likeness (QED) is 0.938. The lowest BCUT2D eigenvalue weighted by Crippen LogP contribution is -2.26. The van der Waals surface area contributed by atoms with E-state index in [1.165, 1.54) is 23.6 Å². The molecule has 110 valence electrons. The number of hydrogen-bond acceptors (Lipinski definition) is 3. The van der Waals surface area contributed by atoms with Gasteiger partial charge in [-0.15, -0.1) is 0 Å². The van der Waals surface area contributed by atoms with Crippen molar-refractivity contribution in [3.8, 4) is 11.5 Å².